The number of carbonyl (C=O) groups is 1. The minimum Gasteiger partial charge on any atom is -0.439 e. The van der Waals surface area contributed by atoms with Gasteiger partial charge in [0.2, 0.25) is 0 Å². The zero-order valence-corrected chi connectivity index (χ0v) is 15.1. The molecule has 1 aromatic carbocycles. The molecule has 0 aliphatic carbocycles. The van der Waals surface area contributed by atoms with Crippen molar-refractivity contribution in [2.45, 2.75) is 31.8 Å². The second kappa shape index (κ2) is 7.24. The molecule has 2 fully saturated rings. The second-order valence-electron chi connectivity index (χ2n) is 7.81. The van der Waals surface area contributed by atoms with Crippen LogP contribution in [0.1, 0.15) is 37.4 Å². The summed E-state index contributed by atoms with van der Waals surface area (Å²) in [4.78, 5) is 16.9. The topological polar surface area (TPSA) is 44.8 Å². The van der Waals surface area contributed by atoms with Gasteiger partial charge in [-0.1, -0.05) is 18.2 Å². The first-order valence-corrected chi connectivity index (χ1v) is 9.67. The molecule has 1 amide bonds. The molecule has 3 heterocycles. The van der Waals surface area contributed by atoms with E-state index in [9.17, 15) is 4.79 Å². The van der Waals surface area contributed by atoms with Crippen LogP contribution in [0.3, 0.4) is 0 Å². The Kier molecular flexibility index (Phi) is 4.84. The van der Waals surface area contributed by atoms with Crippen LogP contribution >= 0.6 is 0 Å². The molecule has 5 nitrogen and oxygen atoms in total. The first-order valence-electron chi connectivity index (χ1n) is 9.67. The fraction of sp³-hybridized carbons (Fsp3) is 0.650. The van der Waals surface area contributed by atoms with Gasteiger partial charge in [0.15, 0.2) is 0 Å². The van der Waals surface area contributed by atoms with Crippen LogP contribution in [0.15, 0.2) is 24.3 Å². The van der Waals surface area contributed by atoms with E-state index in [1.165, 1.54) is 25.9 Å². The van der Waals surface area contributed by atoms with Gasteiger partial charge >= 0.3 is 6.09 Å². The van der Waals surface area contributed by atoms with E-state index >= 15 is 0 Å². The number of likely N-dealkylation sites (tertiary alicyclic amines) is 2. The zero-order chi connectivity index (χ0) is 17.2. The normalized spacial score (nSPS) is 25.5. The zero-order valence-electron chi connectivity index (χ0n) is 15.1. The number of hydrogen-bond donors (Lipinski definition) is 1. The van der Waals surface area contributed by atoms with Crippen LogP contribution in [-0.2, 0) is 4.74 Å². The molecule has 0 aromatic heterocycles. The number of nitrogens with one attached hydrogen (secondary N) is 1. The molecule has 0 radical (unpaired) electrons. The number of hydrogen-bond acceptors (Lipinski definition) is 4. The van der Waals surface area contributed by atoms with Gasteiger partial charge in [-0.15, -0.1) is 0 Å². The Bertz CT molecular complexity index is 605. The quantitative estimate of drug-likeness (QED) is 0.894. The molecule has 3 aliphatic rings. The maximum atomic E-state index is 12.6. The average Bonchev–Trinajstić information content (AvgIpc) is 3.06. The molecule has 0 bridgehead atoms. The summed E-state index contributed by atoms with van der Waals surface area (Å²) >= 11 is 0. The fourth-order valence-corrected chi connectivity index (χ4v) is 4.61. The largest absolute Gasteiger partial charge is 0.439 e. The number of rotatable bonds is 2. The summed E-state index contributed by atoms with van der Waals surface area (Å²) in [5.74, 6) is 1.63. The van der Waals surface area contributed by atoms with E-state index in [1.807, 2.05) is 29.2 Å². The molecule has 4 rings (SSSR count). The van der Waals surface area contributed by atoms with E-state index in [-0.39, 0.29) is 12.2 Å². The molecule has 2 saturated heterocycles. The van der Waals surface area contributed by atoms with Crippen molar-refractivity contribution in [3.05, 3.63) is 29.8 Å². The number of benzene rings is 1. The Labute approximate surface area is 150 Å². The fourth-order valence-electron chi connectivity index (χ4n) is 4.61. The van der Waals surface area contributed by atoms with Crippen molar-refractivity contribution in [2.24, 2.45) is 11.8 Å². The average molecular weight is 343 g/mol. The Hall–Kier alpha value is -1.75. The molecule has 25 heavy (non-hydrogen) atoms. The Morgan fingerprint density at radius 3 is 2.40 bits per heavy atom. The third-order valence-corrected chi connectivity index (χ3v) is 6.26. The summed E-state index contributed by atoms with van der Waals surface area (Å²) in [6.45, 7) is 4.81. The van der Waals surface area contributed by atoms with Gasteiger partial charge in [0.25, 0.3) is 0 Å². The van der Waals surface area contributed by atoms with Crippen LogP contribution in [0, 0.1) is 11.8 Å². The van der Waals surface area contributed by atoms with E-state index in [4.69, 9.17) is 4.74 Å². The van der Waals surface area contributed by atoms with Gasteiger partial charge in [-0.05, 0) is 63.7 Å². The number of fused-ring (bicyclic) bond motifs is 1. The predicted molar refractivity (Wildman–Crippen MR) is 98.7 cm³/mol. The van der Waals surface area contributed by atoms with Crippen molar-refractivity contribution in [1.82, 2.24) is 9.80 Å². The summed E-state index contributed by atoms with van der Waals surface area (Å²) in [7, 11) is 2.21. The van der Waals surface area contributed by atoms with Gasteiger partial charge in [-0.3, -0.25) is 0 Å². The summed E-state index contributed by atoms with van der Waals surface area (Å²) < 4.78 is 5.79. The molecule has 0 spiro atoms. The molecular weight excluding hydrogens is 314 g/mol. The van der Waals surface area contributed by atoms with Crippen molar-refractivity contribution in [3.63, 3.8) is 0 Å². The molecule has 1 unspecified atom stereocenters. The number of para-hydroxylation sites is 1. The third-order valence-electron chi connectivity index (χ3n) is 6.26. The highest BCUT2D eigenvalue weighted by molar-refractivity contribution is 5.69. The lowest BCUT2D eigenvalue weighted by Crippen LogP contribution is -2.42. The maximum Gasteiger partial charge on any atom is 0.410 e. The molecular formula is C20H29N3O2. The first kappa shape index (κ1) is 16.7. The van der Waals surface area contributed by atoms with Gasteiger partial charge in [0.1, 0.15) is 6.10 Å². The van der Waals surface area contributed by atoms with Crippen LogP contribution < -0.4 is 5.32 Å². The predicted octanol–water partition coefficient (Wildman–Crippen LogP) is 3.34. The van der Waals surface area contributed by atoms with E-state index in [0.717, 1.165) is 49.0 Å². The lowest BCUT2D eigenvalue weighted by molar-refractivity contribution is 0.0494. The van der Waals surface area contributed by atoms with Crippen LogP contribution in [0.25, 0.3) is 0 Å². The highest BCUT2D eigenvalue weighted by Gasteiger charge is 2.32. The van der Waals surface area contributed by atoms with Crippen molar-refractivity contribution < 1.29 is 9.53 Å². The lowest BCUT2D eigenvalue weighted by Gasteiger charge is -2.39. The summed E-state index contributed by atoms with van der Waals surface area (Å²) in [5.41, 5.74) is 2.18. The standard InChI is InChI=1S/C20H29N3O2/c1-22-10-6-15(7-11-22)16-8-12-23(13-9-16)20(24)25-19-14-21-18-5-3-2-4-17(18)19/h2-5,15-16,19,21H,6-14H2,1H3. The number of nitrogens with zero attached hydrogens (tertiary/aromatic N) is 2. The van der Waals surface area contributed by atoms with Crippen molar-refractivity contribution >= 4 is 11.8 Å². The van der Waals surface area contributed by atoms with E-state index < -0.39 is 0 Å². The van der Waals surface area contributed by atoms with Crippen LogP contribution in [0.5, 0.6) is 0 Å². The summed E-state index contributed by atoms with van der Waals surface area (Å²) in [5, 5.41) is 3.31. The monoisotopic (exact) mass is 343 g/mol. The molecule has 3 aliphatic heterocycles. The highest BCUT2D eigenvalue weighted by Crippen LogP contribution is 2.34. The number of ether oxygens (including phenoxy) is 1. The molecule has 1 N–H and O–H groups in total. The Morgan fingerprint density at radius 1 is 1.04 bits per heavy atom. The van der Waals surface area contributed by atoms with Gasteiger partial charge in [0.05, 0.1) is 6.54 Å². The SMILES string of the molecule is CN1CCC(C2CCN(C(=O)OC3CNc4ccccc43)CC2)CC1. The maximum absolute atomic E-state index is 12.6. The van der Waals surface area contributed by atoms with E-state index in [1.54, 1.807) is 0 Å². The van der Waals surface area contributed by atoms with Crippen molar-refractivity contribution in [3.8, 4) is 0 Å². The highest BCUT2D eigenvalue weighted by atomic mass is 16.6. The first-order chi connectivity index (χ1) is 12.2. The summed E-state index contributed by atoms with van der Waals surface area (Å²) in [6.07, 6.45) is 4.58. The molecule has 0 saturated carbocycles. The number of piperidine rings is 2. The smallest absolute Gasteiger partial charge is 0.410 e. The van der Waals surface area contributed by atoms with Crippen molar-refractivity contribution in [2.75, 3.05) is 45.1 Å². The Balaban J connectivity index is 1.27. The minimum atomic E-state index is -0.157. The minimum absolute atomic E-state index is 0.148. The molecule has 5 heteroatoms. The summed E-state index contributed by atoms with van der Waals surface area (Å²) in [6, 6.07) is 8.08. The van der Waals surface area contributed by atoms with Crippen LogP contribution in [0.2, 0.25) is 0 Å². The Morgan fingerprint density at radius 2 is 1.68 bits per heavy atom. The lowest BCUT2D eigenvalue weighted by atomic mass is 9.79. The third kappa shape index (κ3) is 3.61. The van der Waals surface area contributed by atoms with Gasteiger partial charge in [0, 0.05) is 24.3 Å². The number of carbonyl (C=O) groups excluding carboxylic acids is 1. The van der Waals surface area contributed by atoms with Gasteiger partial charge < -0.3 is 19.9 Å². The van der Waals surface area contributed by atoms with Gasteiger partial charge in [-0.25, -0.2) is 4.79 Å². The number of anilines is 1. The molecule has 136 valence electrons. The van der Waals surface area contributed by atoms with Crippen molar-refractivity contribution in [1.29, 1.82) is 0 Å². The second-order valence-corrected chi connectivity index (χ2v) is 7.81. The van der Waals surface area contributed by atoms with E-state index in [2.05, 4.69) is 17.3 Å². The molecule has 1 atom stereocenters. The number of amides is 1. The van der Waals surface area contributed by atoms with Crippen LogP contribution in [0.4, 0.5) is 10.5 Å². The van der Waals surface area contributed by atoms with Crippen LogP contribution in [-0.4, -0.2) is 55.7 Å². The van der Waals surface area contributed by atoms with Gasteiger partial charge in [-0.2, -0.15) is 0 Å². The van der Waals surface area contributed by atoms with E-state index in [0.29, 0.717) is 6.54 Å². The molecule has 1 aromatic rings.